The largest absolute Gasteiger partial charge is 0.322 e. The summed E-state index contributed by atoms with van der Waals surface area (Å²) >= 11 is 0. The number of carbonyl (C=O) groups excluding carboxylic acids is 3. The second kappa shape index (κ2) is 9.22. The van der Waals surface area contributed by atoms with Gasteiger partial charge in [-0.15, -0.1) is 0 Å². The summed E-state index contributed by atoms with van der Waals surface area (Å²) < 4.78 is 0. The molecule has 1 fully saturated rings. The standard InChI is InChI=1S/C28H23N3O5/c1-17-6-15-22-24(16-17)28(34)30(27(22)33)25-5-3-2-4-23(25)26(32)29-20-11-7-18(8-12-20)19-9-13-21(14-10-19)31(35)36/h2-14,22,24H,15-16H2,1H3,(H,29,32)/t22-,24-/m1/s1. The third-order valence-electron chi connectivity index (χ3n) is 6.77. The van der Waals surface area contributed by atoms with E-state index in [-0.39, 0.29) is 34.9 Å². The van der Waals surface area contributed by atoms with Crippen molar-refractivity contribution in [3.63, 3.8) is 0 Å². The predicted molar refractivity (Wildman–Crippen MR) is 135 cm³/mol. The van der Waals surface area contributed by atoms with Gasteiger partial charge in [0.15, 0.2) is 0 Å². The van der Waals surface area contributed by atoms with Gasteiger partial charge >= 0.3 is 0 Å². The average Bonchev–Trinajstić information content (AvgIpc) is 3.13. The van der Waals surface area contributed by atoms with Gasteiger partial charge in [-0.25, -0.2) is 4.90 Å². The van der Waals surface area contributed by atoms with Crippen LogP contribution in [-0.4, -0.2) is 22.6 Å². The monoisotopic (exact) mass is 481 g/mol. The first-order valence-electron chi connectivity index (χ1n) is 11.6. The molecule has 0 aromatic heterocycles. The van der Waals surface area contributed by atoms with Gasteiger partial charge in [-0.1, -0.05) is 35.9 Å². The van der Waals surface area contributed by atoms with E-state index in [1.807, 2.05) is 13.0 Å². The van der Waals surface area contributed by atoms with Crippen molar-refractivity contribution in [2.45, 2.75) is 19.8 Å². The summed E-state index contributed by atoms with van der Waals surface area (Å²) in [6.45, 7) is 1.96. The normalized spacial score (nSPS) is 19.0. The zero-order valence-corrected chi connectivity index (χ0v) is 19.5. The molecule has 0 saturated carbocycles. The van der Waals surface area contributed by atoms with Gasteiger partial charge in [-0.3, -0.25) is 24.5 Å². The Kier molecular flexibility index (Phi) is 5.93. The van der Waals surface area contributed by atoms with Crippen LogP contribution in [0.15, 0.2) is 84.4 Å². The molecule has 3 aromatic carbocycles. The topological polar surface area (TPSA) is 110 Å². The summed E-state index contributed by atoms with van der Waals surface area (Å²) in [5, 5.41) is 13.7. The molecule has 0 bridgehead atoms. The molecular formula is C28H23N3O5. The fourth-order valence-corrected chi connectivity index (χ4v) is 4.86. The summed E-state index contributed by atoms with van der Waals surface area (Å²) in [6, 6.07) is 19.9. The van der Waals surface area contributed by atoms with Crippen LogP contribution in [0, 0.1) is 22.0 Å². The second-order valence-electron chi connectivity index (χ2n) is 9.07. The molecule has 2 atom stereocenters. The molecule has 1 saturated heterocycles. The van der Waals surface area contributed by atoms with Gasteiger partial charge in [0.25, 0.3) is 11.6 Å². The van der Waals surface area contributed by atoms with Crippen molar-refractivity contribution in [1.82, 2.24) is 0 Å². The number of carbonyl (C=O) groups is 3. The van der Waals surface area contributed by atoms with E-state index in [1.54, 1.807) is 60.7 Å². The minimum Gasteiger partial charge on any atom is -0.322 e. The van der Waals surface area contributed by atoms with Crippen LogP contribution < -0.4 is 10.2 Å². The molecule has 8 nitrogen and oxygen atoms in total. The molecule has 0 spiro atoms. The highest BCUT2D eigenvalue weighted by molar-refractivity contribution is 6.25. The second-order valence-corrected chi connectivity index (χ2v) is 9.07. The summed E-state index contributed by atoms with van der Waals surface area (Å²) in [5.41, 5.74) is 3.82. The lowest BCUT2D eigenvalue weighted by Crippen LogP contribution is -2.33. The first kappa shape index (κ1) is 23.2. The van der Waals surface area contributed by atoms with Crippen molar-refractivity contribution >= 4 is 34.8 Å². The number of nitro benzene ring substituents is 1. The Balaban J connectivity index is 1.35. The van der Waals surface area contributed by atoms with E-state index in [4.69, 9.17) is 0 Å². The lowest BCUT2D eigenvalue weighted by atomic mass is 9.82. The van der Waals surface area contributed by atoms with E-state index in [1.165, 1.54) is 17.0 Å². The average molecular weight is 482 g/mol. The highest BCUT2D eigenvalue weighted by Gasteiger charge is 2.49. The van der Waals surface area contributed by atoms with Crippen molar-refractivity contribution in [3.05, 3.63) is 100 Å². The molecule has 36 heavy (non-hydrogen) atoms. The Hall–Kier alpha value is -4.59. The van der Waals surface area contributed by atoms with Gasteiger partial charge in [0.1, 0.15) is 0 Å². The highest BCUT2D eigenvalue weighted by Crippen LogP contribution is 2.40. The van der Waals surface area contributed by atoms with E-state index < -0.39 is 10.8 Å². The smallest absolute Gasteiger partial charge is 0.269 e. The molecule has 3 amide bonds. The maximum atomic E-state index is 13.2. The number of hydrogen-bond acceptors (Lipinski definition) is 5. The number of anilines is 2. The van der Waals surface area contributed by atoms with E-state index in [9.17, 15) is 24.5 Å². The van der Waals surface area contributed by atoms with Gasteiger partial charge < -0.3 is 5.32 Å². The Morgan fingerprint density at radius 1 is 0.917 bits per heavy atom. The molecule has 0 radical (unpaired) electrons. The minimum atomic E-state index is -0.449. The fraction of sp³-hybridized carbons (Fsp3) is 0.179. The molecule has 0 unspecified atom stereocenters. The number of fused-ring (bicyclic) bond motifs is 1. The number of amides is 3. The van der Waals surface area contributed by atoms with Gasteiger partial charge in [0.05, 0.1) is 28.0 Å². The zero-order chi connectivity index (χ0) is 25.4. The molecule has 2 aliphatic rings. The van der Waals surface area contributed by atoms with Crippen LogP contribution in [0.1, 0.15) is 30.1 Å². The number of benzene rings is 3. The van der Waals surface area contributed by atoms with Crippen LogP contribution in [-0.2, 0) is 9.59 Å². The van der Waals surface area contributed by atoms with Crippen LogP contribution in [0.4, 0.5) is 17.1 Å². The Bertz CT molecular complexity index is 1410. The summed E-state index contributed by atoms with van der Waals surface area (Å²) in [5.74, 6) is -1.72. The van der Waals surface area contributed by atoms with Crippen molar-refractivity contribution < 1.29 is 19.3 Å². The molecule has 8 heteroatoms. The predicted octanol–water partition coefficient (Wildman–Crippen LogP) is 5.36. The van der Waals surface area contributed by atoms with Crippen LogP contribution in [0.3, 0.4) is 0 Å². The van der Waals surface area contributed by atoms with Crippen molar-refractivity contribution in [2.75, 3.05) is 10.2 Å². The van der Waals surface area contributed by atoms with Crippen molar-refractivity contribution in [3.8, 4) is 11.1 Å². The highest BCUT2D eigenvalue weighted by atomic mass is 16.6. The molecule has 3 aromatic rings. The van der Waals surface area contributed by atoms with E-state index in [2.05, 4.69) is 5.32 Å². The van der Waals surface area contributed by atoms with Crippen LogP contribution in [0.5, 0.6) is 0 Å². The Morgan fingerprint density at radius 3 is 2.19 bits per heavy atom. The summed E-state index contributed by atoms with van der Waals surface area (Å²) in [7, 11) is 0. The van der Waals surface area contributed by atoms with Gasteiger partial charge in [0, 0.05) is 17.8 Å². The summed E-state index contributed by atoms with van der Waals surface area (Å²) in [4.78, 5) is 51.1. The first-order chi connectivity index (χ1) is 17.3. The number of nitro groups is 1. The number of hydrogen-bond donors (Lipinski definition) is 1. The van der Waals surface area contributed by atoms with E-state index in [0.29, 0.717) is 24.2 Å². The third-order valence-corrected chi connectivity index (χ3v) is 6.77. The quantitative estimate of drug-likeness (QED) is 0.228. The molecular weight excluding hydrogens is 458 g/mol. The van der Waals surface area contributed by atoms with Gasteiger partial charge in [-0.2, -0.15) is 0 Å². The van der Waals surface area contributed by atoms with Crippen molar-refractivity contribution in [2.24, 2.45) is 11.8 Å². The molecule has 1 heterocycles. The van der Waals surface area contributed by atoms with E-state index >= 15 is 0 Å². The maximum Gasteiger partial charge on any atom is 0.269 e. The number of imide groups is 1. The number of rotatable bonds is 5. The number of para-hydroxylation sites is 1. The number of nitrogens with one attached hydrogen (secondary N) is 1. The van der Waals surface area contributed by atoms with Crippen molar-refractivity contribution in [1.29, 1.82) is 0 Å². The van der Waals surface area contributed by atoms with E-state index in [0.717, 1.165) is 16.7 Å². The Morgan fingerprint density at radius 2 is 1.53 bits per heavy atom. The molecule has 1 N–H and O–H groups in total. The SMILES string of the molecule is CC1=CC[C@H]2C(=O)N(c3ccccc3C(=O)Nc3ccc(-c4ccc([N+](=O)[O-])cc4)cc3)C(=O)[C@@H]2C1. The lowest BCUT2D eigenvalue weighted by molar-refractivity contribution is -0.384. The fourth-order valence-electron chi connectivity index (χ4n) is 4.86. The van der Waals surface area contributed by atoms with Gasteiger partial charge in [0.2, 0.25) is 11.8 Å². The molecule has 1 aliphatic carbocycles. The third kappa shape index (κ3) is 4.17. The number of nitrogens with zero attached hydrogens (tertiary/aromatic N) is 2. The number of allylic oxidation sites excluding steroid dienone is 2. The minimum absolute atomic E-state index is 0.0157. The zero-order valence-electron chi connectivity index (χ0n) is 19.5. The van der Waals surface area contributed by atoms with Gasteiger partial charge in [-0.05, 0) is 67.3 Å². The lowest BCUT2D eigenvalue weighted by Gasteiger charge is -2.19. The molecule has 1 aliphatic heterocycles. The van der Waals surface area contributed by atoms with Crippen LogP contribution in [0.25, 0.3) is 11.1 Å². The van der Waals surface area contributed by atoms with Crippen LogP contribution in [0.2, 0.25) is 0 Å². The Labute approximate surface area is 207 Å². The molecule has 5 rings (SSSR count). The maximum absolute atomic E-state index is 13.2. The number of non-ortho nitro benzene ring substituents is 1. The first-order valence-corrected chi connectivity index (χ1v) is 11.6. The summed E-state index contributed by atoms with van der Waals surface area (Å²) in [6.07, 6.45) is 3.10. The van der Waals surface area contributed by atoms with Crippen LogP contribution >= 0.6 is 0 Å². The molecule has 180 valence electrons.